The SMILES string of the molecule is CCc1nnc(NC(=O)C[NH+]2CCC[C@@H](C)C2)s1. The van der Waals surface area contributed by atoms with E-state index in [0.717, 1.165) is 30.4 Å². The molecule has 1 aromatic rings. The zero-order valence-corrected chi connectivity index (χ0v) is 11.8. The topological polar surface area (TPSA) is 59.3 Å². The maximum absolute atomic E-state index is 11.9. The number of carbonyl (C=O) groups is 1. The summed E-state index contributed by atoms with van der Waals surface area (Å²) >= 11 is 1.46. The highest BCUT2D eigenvalue weighted by molar-refractivity contribution is 7.15. The van der Waals surface area contributed by atoms with E-state index in [4.69, 9.17) is 0 Å². The zero-order valence-electron chi connectivity index (χ0n) is 11.0. The molecule has 1 aliphatic rings. The van der Waals surface area contributed by atoms with E-state index in [1.165, 1.54) is 29.1 Å². The second-order valence-electron chi connectivity index (χ2n) is 5.03. The van der Waals surface area contributed by atoms with Crippen molar-refractivity contribution in [1.29, 1.82) is 0 Å². The molecule has 0 spiro atoms. The van der Waals surface area contributed by atoms with E-state index in [2.05, 4.69) is 22.4 Å². The average molecular weight is 269 g/mol. The molecule has 1 saturated heterocycles. The second kappa shape index (κ2) is 6.24. The number of nitrogens with one attached hydrogen (secondary N) is 2. The van der Waals surface area contributed by atoms with Crippen molar-refractivity contribution in [2.45, 2.75) is 33.1 Å². The Morgan fingerprint density at radius 2 is 2.39 bits per heavy atom. The Morgan fingerprint density at radius 1 is 1.56 bits per heavy atom. The number of piperidine rings is 1. The number of hydrogen-bond acceptors (Lipinski definition) is 4. The van der Waals surface area contributed by atoms with Crippen LogP contribution < -0.4 is 10.2 Å². The van der Waals surface area contributed by atoms with Crippen LogP contribution in [0, 0.1) is 5.92 Å². The van der Waals surface area contributed by atoms with E-state index in [0.29, 0.717) is 11.7 Å². The normalized spacial score (nSPS) is 23.9. The summed E-state index contributed by atoms with van der Waals surface area (Å²) in [5, 5.41) is 12.4. The molecule has 1 aliphatic heterocycles. The molecule has 2 atom stereocenters. The third kappa shape index (κ3) is 3.74. The predicted octanol–water partition coefficient (Wildman–Crippen LogP) is 0.354. The molecule has 2 rings (SSSR count). The monoisotopic (exact) mass is 269 g/mol. The fourth-order valence-electron chi connectivity index (χ4n) is 2.40. The van der Waals surface area contributed by atoms with Gasteiger partial charge in [-0.1, -0.05) is 25.2 Å². The van der Waals surface area contributed by atoms with Crippen molar-refractivity contribution in [2.24, 2.45) is 5.92 Å². The number of quaternary nitrogens is 1. The maximum Gasteiger partial charge on any atom is 0.281 e. The third-order valence-electron chi connectivity index (χ3n) is 3.29. The number of aryl methyl sites for hydroxylation is 1. The summed E-state index contributed by atoms with van der Waals surface area (Å²) in [6.07, 6.45) is 3.38. The van der Waals surface area contributed by atoms with E-state index in [1.54, 1.807) is 0 Å². The Labute approximate surface area is 112 Å². The van der Waals surface area contributed by atoms with Gasteiger partial charge in [0.05, 0.1) is 13.1 Å². The van der Waals surface area contributed by atoms with Crippen LogP contribution in [0.1, 0.15) is 31.7 Å². The minimum Gasteiger partial charge on any atom is -0.327 e. The summed E-state index contributed by atoms with van der Waals surface area (Å²) in [6, 6.07) is 0. The number of anilines is 1. The summed E-state index contributed by atoms with van der Waals surface area (Å²) in [6.45, 7) is 7.05. The first-order chi connectivity index (χ1) is 8.67. The quantitative estimate of drug-likeness (QED) is 0.829. The molecule has 1 unspecified atom stereocenters. The summed E-state index contributed by atoms with van der Waals surface area (Å²) in [4.78, 5) is 13.3. The van der Waals surface area contributed by atoms with Gasteiger partial charge in [0.2, 0.25) is 5.13 Å². The van der Waals surface area contributed by atoms with Crippen LogP contribution in [0.4, 0.5) is 5.13 Å². The summed E-state index contributed by atoms with van der Waals surface area (Å²) in [7, 11) is 0. The molecule has 18 heavy (non-hydrogen) atoms. The maximum atomic E-state index is 11.9. The van der Waals surface area contributed by atoms with Gasteiger partial charge in [0.1, 0.15) is 5.01 Å². The van der Waals surface area contributed by atoms with E-state index in [1.807, 2.05) is 6.92 Å². The van der Waals surface area contributed by atoms with Crippen molar-refractivity contribution in [2.75, 3.05) is 25.0 Å². The number of amides is 1. The van der Waals surface area contributed by atoms with Crippen molar-refractivity contribution in [3.05, 3.63) is 5.01 Å². The lowest BCUT2D eigenvalue weighted by molar-refractivity contribution is -0.900. The average Bonchev–Trinajstić information content (AvgIpc) is 2.76. The van der Waals surface area contributed by atoms with Crippen molar-refractivity contribution in [3.63, 3.8) is 0 Å². The molecule has 0 aromatic carbocycles. The number of aromatic nitrogens is 2. The third-order valence-corrected chi connectivity index (χ3v) is 4.27. The van der Waals surface area contributed by atoms with Crippen LogP contribution in [0.2, 0.25) is 0 Å². The molecule has 1 aromatic heterocycles. The minimum atomic E-state index is 0.0536. The highest BCUT2D eigenvalue weighted by Gasteiger charge is 2.22. The molecule has 5 nitrogen and oxygen atoms in total. The number of hydrogen-bond donors (Lipinski definition) is 2. The van der Waals surface area contributed by atoms with Crippen LogP contribution >= 0.6 is 11.3 Å². The molecule has 0 aliphatic carbocycles. The van der Waals surface area contributed by atoms with Crippen LogP contribution in [-0.4, -0.2) is 35.7 Å². The molecule has 2 heterocycles. The molecular formula is C12H21N4OS+. The largest absolute Gasteiger partial charge is 0.327 e. The molecule has 0 bridgehead atoms. The summed E-state index contributed by atoms with van der Waals surface area (Å²) in [5.41, 5.74) is 0. The van der Waals surface area contributed by atoms with E-state index in [9.17, 15) is 4.79 Å². The van der Waals surface area contributed by atoms with Crippen LogP contribution in [0.15, 0.2) is 0 Å². The highest BCUT2D eigenvalue weighted by Crippen LogP contribution is 2.14. The first-order valence-corrected chi connectivity index (χ1v) is 7.44. The Bertz CT molecular complexity index is 407. The van der Waals surface area contributed by atoms with Crippen LogP contribution in [-0.2, 0) is 11.2 Å². The first-order valence-electron chi connectivity index (χ1n) is 6.63. The van der Waals surface area contributed by atoms with Gasteiger partial charge in [-0.3, -0.25) is 10.1 Å². The van der Waals surface area contributed by atoms with Gasteiger partial charge in [-0.15, -0.1) is 10.2 Å². The predicted molar refractivity (Wildman–Crippen MR) is 71.9 cm³/mol. The van der Waals surface area contributed by atoms with Crippen LogP contribution in [0.3, 0.4) is 0 Å². The number of likely N-dealkylation sites (tertiary alicyclic amines) is 1. The molecule has 1 amide bonds. The lowest BCUT2D eigenvalue weighted by Crippen LogP contribution is -3.14. The molecule has 100 valence electrons. The van der Waals surface area contributed by atoms with Crippen LogP contribution in [0.5, 0.6) is 0 Å². The van der Waals surface area contributed by atoms with Crippen LogP contribution in [0.25, 0.3) is 0 Å². The van der Waals surface area contributed by atoms with Gasteiger partial charge in [-0.2, -0.15) is 0 Å². The molecule has 0 saturated carbocycles. The fraction of sp³-hybridized carbons (Fsp3) is 0.750. The van der Waals surface area contributed by atoms with Gasteiger partial charge in [-0.05, 0) is 19.3 Å². The van der Waals surface area contributed by atoms with E-state index >= 15 is 0 Å². The highest BCUT2D eigenvalue weighted by atomic mass is 32.1. The van der Waals surface area contributed by atoms with Crippen molar-refractivity contribution in [3.8, 4) is 0 Å². The van der Waals surface area contributed by atoms with Gasteiger partial charge in [0.25, 0.3) is 5.91 Å². The smallest absolute Gasteiger partial charge is 0.281 e. The molecule has 6 heteroatoms. The fourth-order valence-corrected chi connectivity index (χ4v) is 3.09. The Kier molecular flexibility index (Phi) is 4.66. The Hall–Kier alpha value is -1.01. The molecule has 0 radical (unpaired) electrons. The van der Waals surface area contributed by atoms with Gasteiger partial charge >= 0.3 is 0 Å². The Morgan fingerprint density at radius 3 is 3.06 bits per heavy atom. The zero-order chi connectivity index (χ0) is 13.0. The summed E-state index contributed by atoms with van der Waals surface area (Å²) in [5.74, 6) is 0.785. The van der Waals surface area contributed by atoms with Gasteiger partial charge in [0.15, 0.2) is 6.54 Å². The van der Waals surface area contributed by atoms with E-state index in [-0.39, 0.29) is 5.91 Å². The van der Waals surface area contributed by atoms with Gasteiger partial charge < -0.3 is 4.90 Å². The number of rotatable bonds is 4. The van der Waals surface area contributed by atoms with Gasteiger partial charge in [-0.25, -0.2) is 0 Å². The lowest BCUT2D eigenvalue weighted by atomic mass is 10.0. The standard InChI is InChI=1S/C12H20N4OS/c1-3-11-14-15-12(18-11)13-10(17)8-16-6-4-5-9(2)7-16/h9H,3-8H2,1-2H3,(H,13,15,17)/p+1/t9-/m1/s1. The molecule has 1 fully saturated rings. The molecular weight excluding hydrogens is 248 g/mol. The Balaban J connectivity index is 1.81. The lowest BCUT2D eigenvalue weighted by Gasteiger charge is -2.27. The minimum absolute atomic E-state index is 0.0536. The van der Waals surface area contributed by atoms with Crippen molar-refractivity contribution in [1.82, 2.24) is 10.2 Å². The number of carbonyl (C=O) groups excluding carboxylic acids is 1. The summed E-state index contributed by atoms with van der Waals surface area (Å²) < 4.78 is 0. The first kappa shape index (κ1) is 13.4. The van der Waals surface area contributed by atoms with Crippen molar-refractivity contribution >= 4 is 22.4 Å². The second-order valence-corrected chi connectivity index (χ2v) is 6.09. The van der Waals surface area contributed by atoms with E-state index < -0.39 is 0 Å². The van der Waals surface area contributed by atoms with Crippen molar-refractivity contribution < 1.29 is 9.69 Å². The number of nitrogens with zero attached hydrogens (tertiary/aromatic N) is 2. The van der Waals surface area contributed by atoms with Gasteiger partial charge in [0, 0.05) is 5.92 Å². The molecule has 2 N–H and O–H groups in total.